The average molecular weight is 355 g/mol. The normalized spacial score (nSPS) is 18.4. The van der Waals surface area contributed by atoms with Crippen molar-refractivity contribution in [3.8, 4) is 9.75 Å². The van der Waals surface area contributed by atoms with Crippen LogP contribution in [0.4, 0.5) is 0 Å². The van der Waals surface area contributed by atoms with Gasteiger partial charge in [0.25, 0.3) is 0 Å². The Kier molecular flexibility index (Phi) is 4.57. The van der Waals surface area contributed by atoms with Crippen molar-refractivity contribution in [1.82, 2.24) is 0 Å². The van der Waals surface area contributed by atoms with E-state index in [1.54, 1.807) is 22.7 Å². The lowest BCUT2D eigenvalue weighted by Crippen LogP contribution is -2.37. The summed E-state index contributed by atoms with van der Waals surface area (Å²) in [6, 6.07) is 16.7. The summed E-state index contributed by atoms with van der Waals surface area (Å²) in [5.41, 5.74) is 1.24. The Balaban J connectivity index is 1.86. The van der Waals surface area contributed by atoms with Crippen LogP contribution in [0.25, 0.3) is 9.75 Å². The molecule has 0 amide bonds. The van der Waals surface area contributed by atoms with E-state index >= 15 is 0 Å². The minimum Gasteiger partial charge on any atom is -0.380 e. The van der Waals surface area contributed by atoms with Crippen LogP contribution in [0.2, 0.25) is 0 Å². The van der Waals surface area contributed by atoms with E-state index in [-0.39, 0.29) is 0 Å². The molecule has 2 aromatic heterocycles. The summed E-state index contributed by atoms with van der Waals surface area (Å²) in [6.07, 6.45) is 5.94. The molecule has 3 aromatic rings. The molecule has 3 heteroatoms. The quantitative estimate of drug-likeness (QED) is 0.583. The van der Waals surface area contributed by atoms with Gasteiger partial charge in [-0.05, 0) is 47.2 Å². The molecule has 1 aliphatic carbocycles. The molecule has 1 unspecified atom stereocenters. The molecular weight excluding hydrogens is 332 g/mol. The van der Waals surface area contributed by atoms with Crippen LogP contribution in [0.15, 0.2) is 59.3 Å². The first-order chi connectivity index (χ1) is 11.8. The predicted molar refractivity (Wildman–Crippen MR) is 104 cm³/mol. The lowest BCUT2D eigenvalue weighted by atomic mass is 9.70. The van der Waals surface area contributed by atoms with Gasteiger partial charge in [0.15, 0.2) is 0 Å². The monoisotopic (exact) mass is 354 g/mol. The van der Waals surface area contributed by atoms with Crippen molar-refractivity contribution in [1.29, 1.82) is 0 Å². The SMILES string of the molecule is OC(c1ccccc1)(c1ccsc1-c1cccs1)C1CCCCC1. The van der Waals surface area contributed by atoms with Crippen LogP contribution in [0.1, 0.15) is 43.2 Å². The molecule has 0 radical (unpaired) electrons. The standard InChI is InChI=1S/C21H22OS2/c22-21(16-8-3-1-4-9-16,17-10-5-2-6-11-17)18-13-15-24-20(18)19-12-7-14-23-19/h1,3-4,7-9,12-15,17,22H,2,5-6,10-11H2. The van der Waals surface area contributed by atoms with Crippen LogP contribution in [-0.2, 0) is 5.60 Å². The Labute approximate surface area is 151 Å². The summed E-state index contributed by atoms with van der Waals surface area (Å²) < 4.78 is 0. The van der Waals surface area contributed by atoms with Gasteiger partial charge in [-0.25, -0.2) is 0 Å². The van der Waals surface area contributed by atoms with Gasteiger partial charge < -0.3 is 5.11 Å². The fourth-order valence-corrected chi connectivity index (χ4v) is 5.87. The molecule has 124 valence electrons. The smallest absolute Gasteiger partial charge is 0.119 e. The van der Waals surface area contributed by atoms with Crippen LogP contribution in [-0.4, -0.2) is 5.11 Å². The maximum absolute atomic E-state index is 12.1. The van der Waals surface area contributed by atoms with E-state index in [0.717, 1.165) is 24.0 Å². The van der Waals surface area contributed by atoms with Crippen LogP contribution in [0, 0.1) is 5.92 Å². The second kappa shape index (κ2) is 6.83. The highest BCUT2D eigenvalue weighted by Crippen LogP contribution is 2.49. The number of rotatable bonds is 4. The largest absolute Gasteiger partial charge is 0.380 e. The molecule has 4 rings (SSSR count). The van der Waals surface area contributed by atoms with Gasteiger partial charge in [-0.15, -0.1) is 22.7 Å². The lowest BCUT2D eigenvalue weighted by molar-refractivity contribution is 0.000110. The van der Waals surface area contributed by atoms with E-state index in [4.69, 9.17) is 0 Å². The summed E-state index contributed by atoms with van der Waals surface area (Å²) >= 11 is 3.50. The van der Waals surface area contributed by atoms with Gasteiger partial charge in [0.05, 0.1) is 4.88 Å². The Morgan fingerprint density at radius 3 is 2.33 bits per heavy atom. The number of thiophene rings is 2. The van der Waals surface area contributed by atoms with Crippen LogP contribution < -0.4 is 0 Å². The zero-order valence-electron chi connectivity index (χ0n) is 13.7. The Morgan fingerprint density at radius 1 is 0.833 bits per heavy atom. The first-order valence-electron chi connectivity index (χ1n) is 8.70. The molecule has 1 saturated carbocycles. The highest BCUT2D eigenvalue weighted by Gasteiger charge is 2.42. The fraction of sp³-hybridized carbons (Fsp3) is 0.333. The number of aliphatic hydroxyl groups is 1. The molecular formula is C21H22OS2. The van der Waals surface area contributed by atoms with E-state index in [1.165, 1.54) is 29.0 Å². The topological polar surface area (TPSA) is 20.2 Å². The van der Waals surface area contributed by atoms with Gasteiger partial charge >= 0.3 is 0 Å². The molecule has 1 nitrogen and oxygen atoms in total. The first-order valence-corrected chi connectivity index (χ1v) is 10.5. The van der Waals surface area contributed by atoms with E-state index in [0.29, 0.717) is 5.92 Å². The highest BCUT2D eigenvalue weighted by molar-refractivity contribution is 7.20. The maximum atomic E-state index is 12.1. The van der Waals surface area contributed by atoms with Gasteiger partial charge in [-0.1, -0.05) is 55.7 Å². The molecule has 0 aliphatic heterocycles. The number of hydrogen-bond donors (Lipinski definition) is 1. The first kappa shape index (κ1) is 16.1. The van der Waals surface area contributed by atoms with Crippen LogP contribution in [0.3, 0.4) is 0 Å². The Bertz CT molecular complexity index is 769. The van der Waals surface area contributed by atoms with Gasteiger partial charge in [0.1, 0.15) is 5.60 Å². The van der Waals surface area contributed by atoms with Gasteiger partial charge in [0.2, 0.25) is 0 Å². The van der Waals surface area contributed by atoms with Crippen molar-refractivity contribution in [2.45, 2.75) is 37.7 Å². The number of benzene rings is 1. The Morgan fingerprint density at radius 2 is 1.62 bits per heavy atom. The molecule has 1 N–H and O–H groups in total. The minimum absolute atomic E-state index is 0.293. The average Bonchev–Trinajstić information content (AvgIpc) is 3.34. The van der Waals surface area contributed by atoms with Crippen molar-refractivity contribution in [3.05, 3.63) is 70.4 Å². The summed E-state index contributed by atoms with van der Waals surface area (Å²) in [5.74, 6) is 0.293. The third-order valence-electron chi connectivity index (χ3n) is 5.23. The molecule has 1 atom stereocenters. The van der Waals surface area contributed by atoms with Crippen LogP contribution in [0.5, 0.6) is 0 Å². The second-order valence-electron chi connectivity index (χ2n) is 6.61. The summed E-state index contributed by atoms with van der Waals surface area (Å²) in [5, 5.41) is 16.3. The van der Waals surface area contributed by atoms with Gasteiger partial charge in [-0.3, -0.25) is 0 Å². The Hall–Kier alpha value is -1.42. The van der Waals surface area contributed by atoms with Crippen molar-refractivity contribution < 1.29 is 5.11 Å². The van der Waals surface area contributed by atoms with E-state index in [9.17, 15) is 5.11 Å². The minimum atomic E-state index is -0.888. The zero-order valence-corrected chi connectivity index (χ0v) is 15.3. The summed E-state index contributed by atoms with van der Waals surface area (Å²) in [6.45, 7) is 0. The molecule has 2 heterocycles. The van der Waals surface area contributed by atoms with E-state index in [2.05, 4.69) is 41.1 Å². The maximum Gasteiger partial charge on any atom is 0.119 e. The molecule has 0 spiro atoms. The highest BCUT2D eigenvalue weighted by atomic mass is 32.1. The van der Waals surface area contributed by atoms with Crippen molar-refractivity contribution >= 4 is 22.7 Å². The summed E-state index contributed by atoms with van der Waals surface area (Å²) in [7, 11) is 0. The number of hydrogen-bond acceptors (Lipinski definition) is 3. The molecule has 24 heavy (non-hydrogen) atoms. The van der Waals surface area contributed by atoms with E-state index < -0.39 is 5.60 Å². The van der Waals surface area contributed by atoms with Crippen molar-refractivity contribution in [2.24, 2.45) is 5.92 Å². The molecule has 1 aliphatic rings. The third-order valence-corrected chi connectivity index (χ3v) is 7.19. The van der Waals surface area contributed by atoms with Crippen molar-refractivity contribution in [2.75, 3.05) is 0 Å². The predicted octanol–water partition coefficient (Wildman–Crippen LogP) is 6.29. The molecule has 1 aromatic carbocycles. The van der Waals surface area contributed by atoms with Gasteiger partial charge in [0, 0.05) is 10.4 Å². The second-order valence-corrected chi connectivity index (χ2v) is 8.47. The van der Waals surface area contributed by atoms with Crippen molar-refractivity contribution in [3.63, 3.8) is 0 Å². The fourth-order valence-electron chi connectivity index (χ4n) is 4.03. The van der Waals surface area contributed by atoms with E-state index in [1.807, 2.05) is 18.2 Å². The lowest BCUT2D eigenvalue weighted by Gasteiger charge is -2.39. The zero-order chi connectivity index (χ0) is 16.4. The van der Waals surface area contributed by atoms with Gasteiger partial charge in [-0.2, -0.15) is 0 Å². The molecule has 1 fully saturated rings. The molecule has 0 saturated heterocycles. The molecule has 0 bridgehead atoms. The van der Waals surface area contributed by atoms with Crippen LogP contribution >= 0.6 is 22.7 Å². The third kappa shape index (κ3) is 2.75. The summed E-state index contributed by atoms with van der Waals surface area (Å²) in [4.78, 5) is 2.48.